The van der Waals surface area contributed by atoms with Crippen LogP contribution >= 0.6 is 0 Å². The first-order valence-electron chi connectivity index (χ1n) is 11.0. The van der Waals surface area contributed by atoms with E-state index in [1.165, 1.54) is 23.1 Å². The van der Waals surface area contributed by atoms with Gasteiger partial charge in [-0.15, -0.1) is 0 Å². The van der Waals surface area contributed by atoms with E-state index < -0.39 is 0 Å². The number of ether oxygens (including phenoxy) is 2. The molecule has 0 unspecified atom stereocenters. The standard InChI is InChI=1S/C27H31NO2/c1-2-17-28-24-14-15-25-23(18-24)13-16-26(29-19-21-9-5-3-6-10-21)27(25)30-20-22-11-7-4-8-12-22/h3-13,16,24,28H,2,14-15,17-20H2,1H3/t24-/m0/s1. The summed E-state index contributed by atoms with van der Waals surface area (Å²) in [7, 11) is 0. The Balaban J connectivity index is 1.55. The van der Waals surface area contributed by atoms with Crippen molar-refractivity contribution in [1.29, 1.82) is 0 Å². The second kappa shape index (κ2) is 10.3. The van der Waals surface area contributed by atoms with Gasteiger partial charge >= 0.3 is 0 Å². The molecule has 0 fully saturated rings. The van der Waals surface area contributed by atoms with Gasteiger partial charge in [0.25, 0.3) is 0 Å². The van der Waals surface area contributed by atoms with E-state index in [4.69, 9.17) is 9.47 Å². The summed E-state index contributed by atoms with van der Waals surface area (Å²) in [5.41, 5.74) is 5.02. The van der Waals surface area contributed by atoms with Crippen molar-refractivity contribution in [3.8, 4) is 11.5 Å². The summed E-state index contributed by atoms with van der Waals surface area (Å²) in [5, 5.41) is 3.68. The molecule has 1 aliphatic rings. The van der Waals surface area contributed by atoms with Crippen LogP contribution in [0.1, 0.15) is 42.0 Å². The van der Waals surface area contributed by atoms with Crippen LogP contribution in [-0.2, 0) is 26.1 Å². The first-order chi connectivity index (χ1) is 14.8. The quantitative estimate of drug-likeness (QED) is 0.499. The van der Waals surface area contributed by atoms with Gasteiger partial charge in [-0.2, -0.15) is 0 Å². The Morgan fingerprint density at radius 1 is 0.833 bits per heavy atom. The Hall–Kier alpha value is -2.78. The fraction of sp³-hybridized carbons (Fsp3) is 0.333. The highest BCUT2D eigenvalue weighted by Crippen LogP contribution is 2.38. The molecular formula is C27H31NO2. The van der Waals surface area contributed by atoms with Gasteiger partial charge in [-0.25, -0.2) is 0 Å². The van der Waals surface area contributed by atoms with Gasteiger partial charge in [0.2, 0.25) is 0 Å². The lowest BCUT2D eigenvalue weighted by Gasteiger charge is -2.28. The van der Waals surface area contributed by atoms with E-state index in [0.29, 0.717) is 19.3 Å². The van der Waals surface area contributed by atoms with Crippen LogP contribution in [0.3, 0.4) is 0 Å². The van der Waals surface area contributed by atoms with Crippen LogP contribution in [0, 0.1) is 0 Å². The fourth-order valence-electron chi connectivity index (χ4n) is 4.06. The van der Waals surface area contributed by atoms with Crippen molar-refractivity contribution in [3.63, 3.8) is 0 Å². The smallest absolute Gasteiger partial charge is 0.165 e. The molecule has 0 spiro atoms. The van der Waals surface area contributed by atoms with E-state index in [0.717, 1.165) is 42.9 Å². The van der Waals surface area contributed by atoms with Gasteiger partial charge in [-0.1, -0.05) is 73.7 Å². The van der Waals surface area contributed by atoms with Gasteiger partial charge in [-0.05, 0) is 55.0 Å². The second-order valence-corrected chi connectivity index (χ2v) is 7.97. The first kappa shape index (κ1) is 20.5. The third kappa shape index (κ3) is 5.22. The SMILES string of the molecule is CCCN[C@H]1CCc2c(ccc(OCc3ccccc3)c2OCc2ccccc2)C1. The monoisotopic (exact) mass is 401 g/mol. The Kier molecular flexibility index (Phi) is 7.04. The summed E-state index contributed by atoms with van der Waals surface area (Å²) in [5.74, 6) is 1.76. The molecule has 156 valence electrons. The zero-order valence-corrected chi connectivity index (χ0v) is 17.8. The van der Waals surface area contributed by atoms with E-state index in [9.17, 15) is 0 Å². The Labute approximate surface area is 180 Å². The molecule has 1 N–H and O–H groups in total. The number of nitrogens with one attached hydrogen (secondary N) is 1. The average molecular weight is 402 g/mol. The van der Waals surface area contributed by atoms with Crippen LogP contribution in [-0.4, -0.2) is 12.6 Å². The molecule has 30 heavy (non-hydrogen) atoms. The normalized spacial score (nSPS) is 15.4. The Bertz CT molecular complexity index is 924. The number of fused-ring (bicyclic) bond motifs is 1. The Morgan fingerprint density at radius 2 is 1.50 bits per heavy atom. The predicted molar refractivity (Wildman–Crippen MR) is 122 cm³/mol. The zero-order chi connectivity index (χ0) is 20.6. The lowest BCUT2D eigenvalue weighted by atomic mass is 9.87. The maximum absolute atomic E-state index is 6.38. The van der Waals surface area contributed by atoms with E-state index in [-0.39, 0.29) is 0 Å². The molecule has 0 radical (unpaired) electrons. The van der Waals surface area contributed by atoms with E-state index in [2.05, 4.69) is 60.8 Å². The van der Waals surface area contributed by atoms with E-state index >= 15 is 0 Å². The third-order valence-corrected chi connectivity index (χ3v) is 5.68. The van der Waals surface area contributed by atoms with E-state index in [1.54, 1.807) is 0 Å². The minimum atomic E-state index is 0.544. The van der Waals surface area contributed by atoms with Gasteiger partial charge in [0.05, 0.1) is 0 Å². The second-order valence-electron chi connectivity index (χ2n) is 7.97. The minimum absolute atomic E-state index is 0.544. The maximum atomic E-state index is 6.38. The van der Waals surface area contributed by atoms with Crippen molar-refractivity contribution in [1.82, 2.24) is 5.32 Å². The summed E-state index contributed by atoms with van der Waals surface area (Å²) in [6, 6.07) is 25.5. The molecule has 0 saturated carbocycles. The number of hydrogen-bond acceptors (Lipinski definition) is 3. The van der Waals surface area contributed by atoms with Crippen LogP contribution in [0.25, 0.3) is 0 Å². The molecular weight excluding hydrogens is 370 g/mol. The van der Waals surface area contributed by atoms with Gasteiger partial charge in [0.15, 0.2) is 11.5 Å². The molecule has 3 aromatic rings. The molecule has 0 amide bonds. The van der Waals surface area contributed by atoms with Gasteiger partial charge in [0, 0.05) is 11.6 Å². The van der Waals surface area contributed by atoms with Crippen molar-refractivity contribution >= 4 is 0 Å². The highest BCUT2D eigenvalue weighted by molar-refractivity contribution is 5.52. The van der Waals surface area contributed by atoms with Crippen LogP contribution in [0.4, 0.5) is 0 Å². The van der Waals surface area contributed by atoms with Gasteiger partial charge < -0.3 is 14.8 Å². The molecule has 3 heteroatoms. The molecule has 4 rings (SSSR count). The first-order valence-corrected chi connectivity index (χ1v) is 11.0. The van der Waals surface area contributed by atoms with Crippen molar-refractivity contribution in [3.05, 3.63) is 95.1 Å². The highest BCUT2D eigenvalue weighted by Gasteiger charge is 2.24. The summed E-state index contributed by atoms with van der Waals surface area (Å²) >= 11 is 0. The molecule has 0 bridgehead atoms. The molecule has 0 aromatic heterocycles. The summed E-state index contributed by atoms with van der Waals surface area (Å²) in [6.45, 7) is 4.39. The number of hydrogen-bond donors (Lipinski definition) is 1. The summed E-state index contributed by atoms with van der Waals surface area (Å²) in [6.07, 6.45) is 4.37. The van der Waals surface area contributed by atoms with Gasteiger partial charge in [0.1, 0.15) is 13.2 Å². The van der Waals surface area contributed by atoms with Gasteiger partial charge in [-0.3, -0.25) is 0 Å². The van der Waals surface area contributed by atoms with Crippen molar-refractivity contribution < 1.29 is 9.47 Å². The zero-order valence-electron chi connectivity index (χ0n) is 17.8. The summed E-state index contributed by atoms with van der Waals surface area (Å²) < 4.78 is 12.6. The van der Waals surface area contributed by atoms with Crippen LogP contribution < -0.4 is 14.8 Å². The van der Waals surface area contributed by atoms with Crippen molar-refractivity contribution in [2.75, 3.05) is 6.54 Å². The number of rotatable bonds is 9. The molecule has 3 aromatic carbocycles. The highest BCUT2D eigenvalue weighted by atomic mass is 16.5. The lowest BCUT2D eigenvalue weighted by molar-refractivity contribution is 0.252. The van der Waals surface area contributed by atoms with Crippen molar-refractivity contribution in [2.24, 2.45) is 0 Å². The van der Waals surface area contributed by atoms with E-state index in [1.807, 2.05) is 24.3 Å². The lowest BCUT2D eigenvalue weighted by Crippen LogP contribution is -2.35. The molecule has 1 aliphatic carbocycles. The number of benzene rings is 3. The summed E-state index contributed by atoms with van der Waals surface area (Å²) in [4.78, 5) is 0. The van der Waals surface area contributed by atoms with Crippen LogP contribution in [0.15, 0.2) is 72.8 Å². The molecule has 0 aliphatic heterocycles. The van der Waals surface area contributed by atoms with Crippen LogP contribution in [0.2, 0.25) is 0 Å². The van der Waals surface area contributed by atoms with Crippen LogP contribution in [0.5, 0.6) is 11.5 Å². The maximum Gasteiger partial charge on any atom is 0.165 e. The third-order valence-electron chi connectivity index (χ3n) is 5.68. The van der Waals surface area contributed by atoms with Crippen molar-refractivity contribution in [2.45, 2.75) is 51.9 Å². The Morgan fingerprint density at radius 3 is 2.17 bits per heavy atom. The fourth-order valence-corrected chi connectivity index (χ4v) is 4.06. The minimum Gasteiger partial charge on any atom is -0.485 e. The molecule has 3 nitrogen and oxygen atoms in total. The molecule has 1 atom stereocenters. The largest absolute Gasteiger partial charge is 0.485 e. The molecule has 0 saturated heterocycles. The topological polar surface area (TPSA) is 30.5 Å². The molecule has 0 heterocycles. The average Bonchev–Trinajstić information content (AvgIpc) is 2.81. The predicted octanol–water partition coefficient (Wildman–Crippen LogP) is 5.70.